The fraction of sp³-hybridized carbons (Fsp3) is 0.435. The number of unbranched alkanes of at least 4 members (excludes halogenated alkanes) is 2. The van der Waals surface area contributed by atoms with Gasteiger partial charge in [-0.2, -0.15) is 0 Å². The summed E-state index contributed by atoms with van der Waals surface area (Å²) in [7, 11) is 1.83. The number of urea groups is 1. The predicted octanol–water partition coefficient (Wildman–Crippen LogP) is 4.77. The molecule has 1 aliphatic heterocycles. The second-order valence-corrected chi connectivity index (χ2v) is 7.90. The van der Waals surface area contributed by atoms with E-state index in [0.29, 0.717) is 6.04 Å². The van der Waals surface area contributed by atoms with Gasteiger partial charge in [0.25, 0.3) is 0 Å². The van der Waals surface area contributed by atoms with E-state index in [1.807, 2.05) is 50.4 Å². The van der Waals surface area contributed by atoms with Gasteiger partial charge < -0.3 is 10.2 Å². The number of anilines is 1. The monoisotopic (exact) mass is 398 g/mol. The zero-order chi connectivity index (χ0) is 20.6. The zero-order valence-electron chi connectivity index (χ0n) is 17.2. The van der Waals surface area contributed by atoms with Gasteiger partial charge in [0.15, 0.2) is 0 Å². The molecular weight excluding hydrogens is 367 g/mol. The van der Waals surface area contributed by atoms with Gasteiger partial charge in [-0.25, -0.2) is 9.18 Å². The number of carbonyl (C=O) groups is 1. The van der Waals surface area contributed by atoms with E-state index in [2.05, 4.69) is 16.2 Å². The molecule has 0 spiro atoms. The van der Waals surface area contributed by atoms with Crippen LogP contribution in [0.3, 0.4) is 0 Å². The maximum Gasteiger partial charge on any atom is 0.321 e. The summed E-state index contributed by atoms with van der Waals surface area (Å²) in [5.41, 5.74) is 9.73. The highest BCUT2D eigenvalue weighted by molar-refractivity contribution is 5.89. The van der Waals surface area contributed by atoms with Gasteiger partial charge in [-0.05, 0) is 61.6 Å². The third-order valence-corrected chi connectivity index (χ3v) is 5.42. The molecule has 1 fully saturated rings. The first-order valence-electron chi connectivity index (χ1n) is 10.4. The van der Waals surface area contributed by atoms with E-state index in [1.165, 1.54) is 12.1 Å². The molecular formula is C23H31FN4O. The van der Waals surface area contributed by atoms with Crippen LogP contribution in [-0.4, -0.2) is 30.6 Å². The van der Waals surface area contributed by atoms with Crippen LogP contribution in [-0.2, 0) is 0 Å². The zero-order valence-corrected chi connectivity index (χ0v) is 17.2. The molecule has 3 rings (SSSR count). The summed E-state index contributed by atoms with van der Waals surface area (Å²) in [4.78, 5) is 14.0. The van der Waals surface area contributed by atoms with Crippen LogP contribution in [0.2, 0.25) is 0 Å². The third-order valence-electron chi connectivity index (χ3n) is 5.42. The van der Waals surface area contributed by atoms with Crippen molar-refractivity contribution in [2.45, 2.75) is 51.1 Å². The van der Waals surface area contributed by atoms with Crippen LogP contribution in [0, 0.1) is 12.7 Å². The second-order valence-electron chi connectivity index (χ2n) is 7.90. The Morgan fingerprint density at radius 2 is 1.93 bits per heavy atom. The molecule has 1 saturated heterocycles. The van der Waals surface area contributed by atoms with Crippen LogP contribution < -0.4 is 16.2 Å². The Labute approximate surface area is 172 Å². The van der Waals surface area contributed by atoms with Crippen LogP contribution >= 0.6 is 0 Å². The van der Waals surface area contributed by atoms with Crippen molar-refractivity contribution in [3.05, 3.63) is 65.5 Å². The first kappa shape index (κ1) is 21.3. The summed E-state index contributed by atoms with van der Waals surface area (Å²) < 4.78 is 13.1. The van der Waals surface area contributed by atoms with Crippen molar-refractivity contribution in [2.24, 2.45) is 0 Å². The number of carbonyl (C=O) groups excluding carboxylic acids is 1. The Kier molecular flexibility index (Phi) is 7.61. The van der Waals surface area contributed by atoms with Gasteiger partial charge in [-0.3, -0.25) is 10.9 Å². The summed E-state index contributed by atoms with van der Waals surface area (Å²) in [5.74, 6) is -0.200. The van der Waals surface area contributed by atoms with Crippen molar-refractivity contribution in [2.75, 3.05) is 18.9 Å². The van der Waals surface area contributed by atoms with Crippen molar-refractivity contribution in [3.8, 4) is 0 Å². The lowest BCUT2D eigenvalue weighted by Gasteiger charge is -2.18. The van der Waals surface area contributed by atoms with Crippen LogP contribution in [0.5, 0.6) is 0 Å². The van der Waals surface area contributed by atoms with Crippen molar-refractivity contribution < 1.29 is 9.18 Å². The lowest BCUT2D eigenvalue weighted by Crippen LogP contribution is -2.32. The maximum atomic E-state index is 13.1. The minimum Gasteiger partial charge on any atom is -0.328 e. The Morgan fingerprint density at radius 1 is 1.14 bits per heavy atom. The minimum atomic E-state index is -0.200. The number of benzene rings is 2. The minimum absolute atomic E-state index is 0.0700. The quantitative estimate of drug-likeness (QED) is 0.562. The number of rotatable bonds is 8. The number of aryl methyl sites for hydroxylation is 1. The maximum absolute atomic E-state index is 13.1. The predicted molar refractivity (Wildman–Crippen MR) is 115 cm³/mol. The molecule has 2 aromatic rings. The summed E-state index contributed by atoms with van der Waals surface area (Å²) in [5, 5.41) is 2.94. The van der Waals surface area contributed by atoms with Crippen molar-refractivity contribution in [3.63, 3.8) is 0 Å². The Balaban J connectivity index is 1.29. The summed E-state index contributed by atoms with van der Waals surface area (Å²) in [6.45, 7) is 2.75. The lowest BCUT2D eigenvalue weighted by molar-refractivity contribution is 0.221. The summed E-state index contributed by atoms with van der Waals surface area (Å²) in [6.07, 6.45) is 5.28. The van der Waals surface area contributed by atoms with E-state index in [-0.39, 0.29) is 17.9 Å². The highest BCUT2D eigenvalue weighted by Gasteiger charge is 2.24. The molecule has 2 unspecified atom stereocenters. The largest absolute Gasteiger partial charge is 0.328 e. The molecule has 0 radical (unpaired) electrons. The second kappa shape index (κ2) is 10.4. The summed E-state index contributed by atoms with van der Waals surface area (Å²) >= 11 is 0. The molecule has 0 aromatic heterocycles. The molecule has 0 aliphatic carbocycles. The van der Waals surface area contributed by atoms with Gasteiger partial charge in [0, 0.05) is 31.4 Å². The normalized spacial score (nSPS) is 18.6. The van der Waals surface area contributed by atoms with E-state index in [1.54, 1.807) is 4.90 Å². The van der Waals surface area contributed by atoms with Gasteiger partial charge in [0.2, 0.25) is 0 Å². The van der Waals surface area contributed by atoms with Crippen molar-refractivity contribution in [1.29, 1.82) is 0 Å². The van der Waals surface area contributed by atoms with Crippen LogP contribution in [0.1, 0.15) is 49.3 Å². The van der Waals surface area contributed by atoms with Crippen LogP contribution in [0.15, 0.2) is 48.5 Å². The van der Waals surface area contributed by atoms with E-state index in [4.69, 9.17) is 0 Å². The molecule has 6 heteroatoms. The molecule has 2 atom stereocenters. The van der Waals surface area contributed by atoms with Crippen LogP contribution in [0.4, 0.5) is 14.9 Å². The molecule has 1 aliphatic rings. The van der Waals surface area contributed by atoms with E-state index >= 15 is 0 Å². The van der Waals surface area contributed by atoms with Gasteiger partial charge >= 0.3 is 6.03 Å². The molecule has 2 amide bonds. The van der Waals surface area contributed by atoms with Crippen molar-refractivity contribution >= 4 is 11.7 Å². The number of halogens is 1. The SMILES string of the molecule is Cc1cccc(NC(=O)N(C)CCCCCC2CC(c3ccc(F)cc3)NN2)c1. The number of amides is 2. The molecule has 29 heavy (non-hydrogen) atoms. The third kappa shape index (κ3) is 6.54. The first-order valence-corrected chi connectivity index (χ1v) is 10.4. The van der Waals surface area contributed by atoms with E-state index in [0.717, 1.165) is 55.5 Å². The molecule has 0 bridgehead atoms. The fourth-order valence-electron chi connectivity index (χ4n) is 3.69. The molecule has 2 aromatic carbocycles. The van der Waals surface area contributed by atoms with Gasteiger partial charge in [-0.15, -0.1) is 0 Å². The molecule has 3 N–H and O–H groups in total. The summed E-state index contributed by atoms with van der Waals surface area (Å²) in [6, 6.07) is 15.1. The molecule has 5 nitrogen and oxygen atoms in total. The Morgan fingerprint density at radius 3 is 2.69 bits per heavy atom. The van der Waals surface area contributed by atoms with Gasteiger partial charge in [-0.1, -0.05) is 37.1 Å². The highest BCUT2D eigenvalue weighted by Crippen LogP contribution is 2.24. The van der Waals surface area contributed by atoms with Crippen LogP contribution in [0.25, 0.3) is 0 Å². The lowest BCUT2D eigenvalue weighted by atomic mass is 9.99. The number of hydrogen-bond acceptors (Lipinski definition) is 3. The van der Waals surface area contributed by atoms with E-state index in [9.17, 15) is 9.18 Å². The standard InChI is InChI=1S/C23H31FN4O/c1-17-7-6-9-20(15-17)25-23(29)28(2)14-5-3-4-8-21-16-22(27-26-21)18-10-12-19(24)13-11-18/h6-7,9-13,15,21-22,26-27H,3-5,8,14,16H2,1-2H3,(H,25,29). The number of nitrogens with one attached hydrogen (secondary N) is 3. The Hall–Kier alpha value is -2.44. The number of hydrogen-bond donors (Lipinski definition) is 3. The number of hydrazine groups is 1. The van der Waals surface area contributed by atoms with Gasteiger partial charge in [0.05, 0.1) is 0 Å². The fourth-order valence-corrected chi connectivity index (χ4v) is 3.69. The average Bonchev–Trinajstić information content (AvgIpc) is 3.17. The molecule has 156 valence electrons. The Bertz CT molecular complexity index is 796. The smallest absolute Gasteiger partial charge is 0.321 e. The molecule has 1 heterocycles. The first-order chi connectivity index (χ1) is 14.0. The van der Waals surface area contributed by atoms with E-state index < -0.39 is 0 Å². The highest BCUT2D eigenvalue weighted by atomic mass is 19.1. The van der Waals surface area contributed by atoms with Gasteiger partial charge in [0.1, 0.15) is 5.82 Å². The number of nitrogens with zero attached hydrogens (tertiary/aromatic N) is 1. The topological polar surface area (TPSA) is 56.4 Å². The average molecular weight is 399 g/mol. The van der Waals surface area contributed by atoms with Crippen molar-refractivity contribution in [1.82, 2.24) is 15.8 Å². The molecule has 0 saturated carbocycles.